The highest BCUT2D eigenvalue weighted by atomic mass is 16.5. The molecule has 2 aromatic rings. The zero-order valence-corrected chi connectivity index (χ0v) is 31.4. The third-order valence-corrected chi connectivity index (χ3v) is 8.83. The molecule has 1 fully saturated rings. The highest BCUT2D eigenvalue weighted by molar-refractivity contribution is 5.98. The molecule has 6 heteroatoms. The zero-order chi connectivity index (χ0) is 36.3. The van der Waals surface area contributed by atoms with Crippen molar-refractivity contribution in [1.82, 2.24) is 10.6 Å². The van der Waals surface area contributed by atoms with Crippen LogP contribution in [0.15, 0.2) is 126 Å². The van der Waals surface area contributed by atoms with E-state index in [2.05, 4.69) is 69.0 Å². The van der Waals surface area contributed by atoms with E-state index < -0.39 is 6.04 Å². The summed E-state index contributed by atoms with van der Waals surface area (Å²) >= 11 is 0. The Morgan fingerprint density at radius 1 is 1.04 bits per heavy atom. The Kier molecular flexibility index (Phi) is 17.3. The van der Waals surface area contributed by atoms with Crippen molar-refractivity contribution >= 4 is 22.9 Å². The van der Waals surface area contributed by atoms with E-state index in [1.54, 1.807) is 0 Å². The fraction of sp³-hybridized carbons (Fsp3) is 0.409. The second-order valence-corrected chi connectivity index (χ2v) is 13.0. The van der Waals surface area contributed by atoms with Gasteiger partial charge in [-0.25, -0.2) is 0 Å². The summed E-state index contributed by atoms with van der Waals surface area (Å²) in [5.41, 5.74) is 7.99. The van der Waals surface area contributed by atoms with Crippen molar-refractivity contribution in [2.45, 2.75) is 105 Å². The maximum absolute atomic E-state index is 13.9. The molecule has 0 radical (unpaired) electrons. The van der Waals surface area contributed by atoms with E-state index in [4.69, 9.17) is 9.73 Å². The first-order valence-corrected chi connectivity index (χ1v) is 18.5. The molecule has 268 valence electrons. The Morgan fingerprint density at radius 2 is 1.76 bits per heavy atom. The second-order valence-electron chi connectivity index (χ2n) is 13.0. The highest BCUT2D eigenvalue weighted by Gasteiger charge is 2.26. The van der Waals surface area contributed by atoms with E-state index in [1.807, 2.05) is 86.9 Å². The number of carbonyl (C=O) groups is 1. The number of hydrogen-bond acceptors (Lipinski definition) is 5. The van der Waals surface area contributed by atoms with E-state index >= 15 is 0 Å². The Morgan fingerprint density at radius 3 is 2.38 bits per heavy atom. The van der Waals surface area contributed by atoms with Gasteiger partial charge in [0.05, 0.1) is 0 Å². The van der Waals surface area contributed by atoms with Crippen LogP contribution < -0.4 is 16.0 Å². The molecule has 2 unspecified atom stereocenters. The van der Waals surface area contributed by atoms with Gasteiger partial charge in [0.15, 0.2) is 12.1 Å². The van der Waals surface area contributed by atoms with Gasteiger partial charge in [-0.1, -0.05) is 126 Å². The molecule has 1 saturated carbocycles. The standard InChI is InChI=1S/C44H60N4O2/c1-9-14-26-42(47-41(21-11-3)44(49)48-40-25-19-18-24-38(40)33(7)35-22-16-15-17-23-35)50-43(45-8)30-37(29-32(6)12-4)34(13-5)31-46-39(20-10-2)36-27-28-36/h12-13,15-19,22-26,29,31,36,41,43,45,47H,5,7,9-11,14,20-21,27-28,30H2,1-4,6,8H3,(H,48,49)/b32-12-,34-31+,37-29+,42-26+,46-39+. The largest absolute Gasteiger partial charge is 0.461 e. The number of hydrogen-bond donors (Lipinski definition) is 3. The predicted molar refractivity (Wildman–Crippen MR) is 214 cm³/mol. The van der Waals surface area contributed by atoms with E-state index in [0.29, 0.717) is 24.6 Å². The number of unbranched alkanes of at least 4 members (excludes halogenated alkanes) is 1. The van der Waals surface area contributed by atoms with Crippen LogP contribution in [0.4, 0.5) is 5.69 Å². The van der Waals surface area contributed by atoms with E-state index in [-0.39, 0.29) is 12.1 Å². The van der Waals surface area contributed by atoms with Crippen LogP contribution in [0.5, 0.6) is 0 Å². The number of nitrogens with one attached hydrogen (secondary N) is 3. The summed E-state index contributed by atoms with van der Waals surface area (Å²) in [6.07, 6.45) is 18.2. The molecule has 3 N–H and O–H groups in total. The summed E-state index contributed by atoms with van der Waals surface area (Å²) in [6.45, 7) is 19.1. The zero-order valence-electron chi connectivity index (χ0n) is 31.4. The van der Waals surface area contributed by atoms with Crippen molar-refractivity contribution in [3.63, 3.8) is 0 Å². The number of aliphatic imine (C=N–C) groups is 1. The maximum atomic E-state index is 13.9. The molecule has 3 rings (SSSR count). The van der Waals surface area contributed by atoms with Crippen LogP contribution in [-0.4, -0.2) is 30.9 Å². The molecular formula is C44H60N4O2. The first kappa shape index (κ1) is 40.0. The minimum atomic E-state index is -0.503. The van der Waals surface area contributed by atoms with Crippen LogP contribution in [-0.2, 0) is 9.53 Å². The van der Waals surface area contributed by atoms with Gasteiger partial charge in [-0.15, -0.1) is 0 Å². The molecule has 0 bridgehead atoms. The average molecular weight is 677 g/mol. The van der Waals surface area contributed by atoms with Gasteiger partial charge in [0, 0.05) is 29.6 Å². The third kappa shape index (κ3) is 12.8. The second kappa shape index (κ2) is 21.6. The molecule has 1 amide bonds. The topological polar surface area (TPSA) is 74.8 Å². The summed E-state index contributed by atoms with van der Waals surface area (Å²) in [7, 11) is 1.90. The number of rotatable bonds is 22. The van der Waals surface area contributed by atoms with Crippen LogP contribution in [0.3, 0.4) is 0 Å². The molecule has 1 aliphatic rings. The summed E-state index contributed by atoms with van der Waals surface area (Å²) in [5.74, 6) is 1.09. The number of benzene rings is 2. The lowest BCUT2D eigenvalue weighted by molar-refractivity contribution is -0.118. The number of nitrogens with zero attached hydrogens (tertiary/aromatic N) is 1. The van der Waals surface area contributed by atoms with E-state index in [9.17, 15) is 4.79 Å². The Labute approximate surface area is 302 Å². The first-order valence-electron chi connectivity index (χ1n) is 18.5. The molecular weight excluding hydrogens is 617 g/mol. The molecule has 0 saturated heterocycles. The van der Waals surface area contributed by atoms with Crippen molar-refractivity contribution in [1.29, 1.82) is 0 Å². The monoisotopic (exact) mass is 676 g/mol. The van der Waals surface area contributed by atoms with Crippen molar-refractivity contribution in [2.24, 2.45) is 10.9 Å². The first-order chi connectivity index (χ1) is 24.3. The van der Waals surface area contributed by atoms with E-state index in [1.165, 1.54) is 18.6 Å². The predicted octanol–water partition coefficient (Wildman–Crippen LogP) is 10.7. The van der Waals surface area contributed by atoms with Gasteiger partial charge in [0.1, 0.15) is 6.04 Å². The Bertz CT molecular complexity index is 1560. The molecule has 2 aromatic carbocycles. The molecule has 0 aliphatic heterocycles. The van der Waals surface area contributed by atoms with Crippen LogP contribution in [0, 0.1) is 5.92 Å². The lowest BCUT2D eigenvalue weighted by atomic mass is 9.98. The van der Waals surface area contributed by atoms with Crippen LogP contribution in [0.25, 0.3) is 5.57 Å². The maximum Gasteiger partial charge on any atom is 0.246 e. The molecule has 1 aliphatic carbocycles. The summed E-state index contributed by atoms with van der Waals surface area (Å²) in [6, 6.07) is 17.3. The van der Waals surface area contributed by atoms with Crippen LogP contribution >= 0.6 is 0 Å². The fourth-order valence-electron chi connectivity index (χ4n) is 5.66. The molecule has 0 spiro atoms. The summed E-state index contributed by atoms with van der Waals surface area (Å²) in [5, 5.41) is 10.0. The van der Waals surface area contributed by atoms with Crippen molar-refractivity contribution < 1.29 is 9.53 Å². The van der Waals surface area contributed by atoms with Crippen LogP contribution in [0.2, 0.25) is 0 Å². The van der Waals surface area contributed by atoms with Crippen molar-refractivity contribution in [3.8, 4) is 0 Å². The molecule has 6 nitrogen and oxygen atoms in total. The molecule has 0 heterocycles. The summed E-state index contributed by atoms with van der Waals surface area (Å²) in [4.78, 5) is 18.9. The van der Waals surface area contributed by atoms with Gasteiger partial charge >= 0.3 is 0 Å². The number of anilines is 1. The quantitative estimate of drug-likeness (QED) is 0.0502. The normalized spacial score (nSPS) is 15.7. The molecule has 2 atom stereocenters. The van der Waals surface area contributed by atoms with Crippen molar-refractivity contribution in [2.75, 3.05) is 12.4 Å². The fourth-order valence-corrected chi connectivity index (χ4v) is 5.66. The van der Waals surface area contributed by atoms with Crippen LogP contribution in [0.1, 0.15) is 104 Å². The number of carbonyl (C=O) groups excluding carboxylic acids is 1. The minimum Gasteiger partial charge on any atom is -0.461 e. The number of para-hydroxylation sites is 1. The van der Waals surface area contributed by atoms with Gasteiger partial charge in [0.2, 0.25) is 5.91 Å². The third-order valence-electron chi connectivity index (χ3n) is 8.83. The average Bonchev–Trinajstić information content (AvgIpc) is 3.99. The Balaban J connectivity index is 1.85. The lowest BCUT2D eigenvalue weighted by Gasteiger charge is -2.26. The number of amides is 1. The summed E-state index contributed by atoms with van der Waals surface area (Å²) < 4.78 is 6.64. The minimum absolute atomic E-state index is 0.121. The van der Waals surface area contributed by atoms with E-state index in [0.717, 1.165) is 71.2 Å². The molecule has 50 heavy (non-hydrogen) atoms. The number of ether oxygens (including phenoxy) is 1. The highest BCUT2D eigenvalue weighted by Crippen LogP contribution is 2.33. The van der Waals surface area contributed by atoms with Gasteiger partial charge in [-0.05, 0) is 93.3 Å². The van der Waals surface area contributed by atoms with Gasteiger partial charge in [-0.3, -0.25) is 15.1 Å². The lowest BCUT2D eigenvalue weighted by Crippen LogP contribution is -2.42. The smallest absolute Gasteiger partial charge is 0.246 e. The van der Waals surface area contributed by atoms with Gasteiger partial charge in [0.25, 0.3) is 0 Å². The Hall–Kier alpha value is -4.42. The molecule has 0 aromatic heterocycles. The number of allylic oxidation sites excluding steroid dienone is 6. The van der Waals surface area contributed by atoms with Crippen molar-refractivity contribution in [3.05, 3.63) is 132 Å². The van der Waals surface area contributed by atoms with Gasteiger partial charge in [-0.2, -0.15) is 0 Å². The van der Waals surface area contributed by atoms with Gasteiger partial charge < -0.3 is 15.4 Å². The SMILES string of the molecule is C=CC(=C\N=C(/CCC)C1CC1)/C(=C/C(C)=C\C)CC(NC)O/C(=C/CCC)NC(CCC)C(=O)Nc1ccccc1C(=C)c1ccccc1.